The van der Waals surface area contributed by atoms with Crippen molar-refractivity contribution in [2.45, 2.75) is 25.4 Å². The first-order valence-electron chi connectivity index (χ1n) is 5.43. The van der Waals surface area contributed by atoms with Crippen LogP contribution in [0.25, 0.3) is 0 Å². The number of benzene rings is 1. The van der Waals surface area contributed by atoms with Crippen LogP contribution in [-0.2, 0) is 11.3 Å². The molecule has 1 aromatic rings. The molecule has 88 valence electrons. The van der Waals surface area contributed by atoms with E-state index in [0.29, 0.717) is 12.6 Å². The standard InChI is InChI=1S/C12H16FNO2/c1-15-8-16-12-5-2-9(6-11(12)13)7-14-10-3-4-10/h2,5-6,10,14H,3-4,7-8H2,1H3. The average Bonchev–Trinajstić information content (AvgIpc) is 3.09. The molecule has 0 radical (unpaired) electrons. The van der Waals surface area contributed by atoms with E-state index in [1.807, 2.05) is 6.07 Å². The topological polar surface area (TPSA) is 30.5 Å². The van der Waals surface area contributed by atoms with Gasteiger partial charge in [-0.1, -0.05) is 6.07 Å². The maximum Gasteiger partial charge on any atom is 0.188 e. The number of hydrogen-bond acceptors (Lipinski definition) is 3. The quantitative estimate of drug-likeness (QED) is 0.752. The molecule has 0 atom stereocenters. The Morgan fingerprint density at radius 3 is 2.88 bits per heavy atom. The van der Waals surface area contributed by atoms with Gasteiger partial charge in [0.2, 0.25) is 0 Å². The van der Waals surface area contributed by atoms with Crippen LogP contribution in [0.5, 0.6) is 5.75 Å². The molecule has 0 bridgehead atoms. The lowest BCUT2D eigenvalue weighted by Gasteiger charge is -2.08. The molecule has 0 heterocycles. The molecule has 1 saturated carbocycles. The second-order valence-electron chi connectivity index (χ2n) is 3.97. The maximum atomic E-state index is 13.5. The van der Waals surface area contributed by atoms with E-state index in [1.165, 1.54) is 26.0 Å². The van der Waals surface area contributed by atoms with Gasteiger partial charge in [0, 0.05) is 19.7 Å². The van der Waals surface area contributed by atoms with Crippen LogP contribution in [0.1, 0.15) is 18.4 Å². The van der Waals surface area contributed by atoms with Crippen molar-refractivity contribution in [2.24, 2.45) is 0 Å². The minimum absolute atomic E-state index is 0.0661. The molecule has 1 fully saturated rings. The Bertz CT molecular complexity index is 353. The second-order valence-corrected chi connectivity index (χ2v) is 3.97. The number of ether oxygens (including phenoxy) is 2. The van der Waals surface area contributed by atoms with Crippen LogP contribution in [0, 0.1) is 5.82 Å². The third-order valence-electron chi connectivity index (χ3n) is 2.50. The fraction of sp³-hybridized carbons (Fsp3) is 0.500. The van der Waals surface area contributed by atoms with Gasteiger partial charge >= 0.3 is 0 Å². The molecular formula is C12H16FNO2. The molecule has 0 spiro atoms. The highest BCUT2D eigenvalue weighted by Crippen LogP contribution is 2.21. The third kappa shape index (κ3) is 3.18. The van der Waals surface area contributed by atoms with Crippen LogP contribution in [0.2, 0.25) is 0 Å². The summed E-state index contributed by atoms with van der Waals surface area (Å²) in [6.45, 7) is 0.780. The van der Waals surface area contributed by atoms with Gasteiger partial charge in [0.1, 0.15) is 0 Å². The van der Waals surface area contributed by atoms with Gasteiger partial charge in [-0.25, -0.2) is 4.39 Å². The Balaban J connectivity index is 1.91. The first kappa shape index (κ1) is 11.4. The summed E-state index contributed by atoms with van der Waals surface area (Å²) in [5.41, 5.74) is 0.939. The number of halogens is 1. The molecule has 16 heavy (non-hydrogen) atoms. The highest BCUT2D eigenvalue weighted by Gasteiger charge is 2.20. The largest absolute Gasteiger partial charge is 0.464 e. The van der Waals surface area contributed by atoms with E-state index in [4.69, 9.17) is 9.47 Å². The van der Waals surface area contributed by atoms with Gasteiger partial charge in [-0.15, -0.1) is 0 Å². The summed E-state index contributed by atoms with van der Waals surface area (Å²) >= 11 is 0. The van der Waals surface area contributed by atoms with Crippen LogP contribution in [0.3, 0.4) is 0 Å². The predicted octanol–water partition coefficient (Wildman–Crippen LogP) is 2.06. The summed E-state index contributed by atoms with van der Waals surface area (Å²) in [6, 6.07) is 5.63. The van der Waals surface area contributed by atoms with Gasteiger partial charge in [-0.3, -0.25) is 0 Å². The van der Waals surface area contributed by atoms with Gasteiger partial charge in [0.15, 0.2) is 18.4 Å². The first-order chi connectivity index (χ1) is 7.79. The van der Waals surface area contributed by atoms with E-state index in [2.05, 4.69) is 5.32 Å². The molecule has 0 unspecified atom stereocenters. The van der Waals surface area contributed by atoms with Crippen LogP contribution in [-0.4, -0.2) is 19.9 Å². The smallest absolute Gasteiger partial charge is 0.188 e. The van der Waals surface area contributed by atoms with Gasteiger partial charge in [-0.05, 0) is 30.5 Å². The normalized spacial score (nSPS) is 15.1. The number of methoxy groups -OCH3 is 1. The third-order valence-corrected chi connectivity index (χ3v) is 2.50. The van der Waals surface area contributed by atoms with Crippen molar-refractivity contribution in [2.75, 3.05) is 13.9 Å². The summed E-state index contributed by atoms with van der Waals surface area (Å²) < 4.78 is 23.3. The zero-order chi connectivity index (χ0) is 11.4. The van der Waals surface area contributed by atoms with Gasteiger partial charge in [-0.2, -0.15) is 0 Å². The first-order valence-corrected chi connectivity index (χ1v) is 5.43. The summed E-state index contributed by atoms with van der Waals surface area (Å²) in [5.74, 6) is -0.107. The number of hydrogen-bond donors (Lipinski definition) is 1. The van der Waals surface area contributed by atoms with Crippen LogP contribution in [0.15, 0.2) is 18.2 Å². The zero-order valence-electron chi connectivity index (χ0n) is 9.33. The average molecular weight is 225 g/mol. The van der Waals surface area contributed by atoms with Gasteiger partial charge in [0.25, 0.3) is 0 Å². The fourth-order valence-electron chi connectivity index (χ4n) is 1.44. The Labute approximate surface area is 94.6 Å². The van der Waals surface area contributed by atoms with Crippen molar-refractivity contribution in [3.05, 3.63) is 29.6 Å². The van der Waals surface area contributed by atoms with E-state index >= 15 is 0 Å². The van der Waals surface area contributed by atoms with E-state index in [1.54, 1.807) is 6.07 Å². The predicted molar refractivity (Wildman–Crippen MR) is 58.8 cm³/mol. The lowest BCUT2D eigenvalue weighted by Crippen LogP contribution is -2.15. The minimum atomic E-state index is -0.341. The monoisotopic (exact) mass is 225 g/mol. The van der Waals surface area contributed by atoms with E-state index in [-0.39, 0.29) is 18.4 Å². The Morgan fingerprint density at radius 2 is 2.25 bits per heavy atom. The lowest BCUT2D eigenvalue weighted by molar-refractivity contribution is 0.0483. The zero-order valence-corrected chi connectivity index (χ0v) is 9.33. The van der Waals surface area contributed by atoms with Crippen molar-refractivity contribution in [3.63, 3.8) is 0 Å². The maximum absolute atomic E-state index is 13.5. The molecular weight excluding hydrogens is 209 g/mol. The lowest BCUT2D eigenvalue weighted by atomic mass is 10.2. The highest BCUT2D eigenvalue weighted by atomic mass is 19.1. The summed E-state index contributed by atoms with van der Waals surface area (Å²) in [6.07, 6.45) is 2.47. The number of nitrogens with one attached hydrogen (secondary N) is 1. The molecule has 3 nitrogen and oxygen atoms in total. The molecule has 1 aromatic carbocycles. The summed E-state index contributed by atoms with van der Waals surface area (Å²) in [4.78, 5) is 0. The van der Waals surface area contributed by atoms with Gasteiger partial charge < -0.3 is 14.8 Å². The van der Waals surface area contributed by atoms with Crippen LogP contribution >= 0.6 is 0 Å². The summed E-state index contributed by atoms with van der Waals surface area (Å²) in [7, 11) is 1.51. The molecule has 0 saturated heterocycles. The van der Waals surface area contributed by atoms with Crippen LogP contribution in [0.4, 0.5) is 4.39 Å². The summed E-state index contributed by atoms with van der Waals surface area (Å²) in [5, 5.41) is 3.33. The van der Waals surface area contributed by atoms with E-state index < -0.39 is 0 Å². The molecule has 0 aromatic heterocycles. The van der Waals surface area contributed by atoms with Crippen molar-refractivity contribution in [1.29, 1.82) is 0 Å². The molecule has 4 heteroatoms. The fourth-order valence-corrected chi connectivity index (χ4v) is 1.44. The highest BCUT2D eigenvalue weighted by molar-refractivity contribution is 5.29. The van der Waals surface area contributed by atoms with Crippen molar-refractivity contribution in [3.8, 4) is 5.75 Å². The molecule has 0 amide bonds. The Hall–Kier alpha value is -1.13. The van der Waals surface area contributed by atoms with E-state index in [9.17, 15) is 4.39 Å². The van der Waals surface area contributed by atoms with Crippen molar-refractivity contribution in [1.82, 2.24) is 5.32 Å². The Morgan fingerprint density at radius 1 is 1.44 bits per heavy atom. The molecule has 1 aliphatic rings. The van der Waals surface area contributed by atoms with Crippen LogP contribution < -0.4 is 10.1 Å². The second kappa shape index (κ2) is 5.27. The number of rotatable bonds is 6. The van der Waals surface area contributed by atoms with Crippen molar-refractivity contribution < 1.29 is 13.9 Å². The van der Waals surface area contributed by atoms with Gasteiger partial charge in [0.05, 0.1) is 0 Å². The Kier molecular flexibility index (Phi) is 3.74. The van der Waals surface area contributed by atoms with E-state index in [0.717, 1.165) is 5.56 Å². The molecule has 1 aliphatic carbocycles. The molecule has 2 rings (SSSR count). The molecule has 0 aliphatic heterocycles. The SMILES string of the molecule is COCOc1ccc(CNC2CC2)cc1F. The van der Waals surface area contributed by atoms with Crippen molar-refractivity contribution >= 4 is 0 Å². The minimum Gasteiger partial charge on any atom is -0.464 e. The molecule has 1 N–H and O–H groups in total.